The molecular weight excluding hydrogens is 408 g/mol. The fourth-order valence-electron chi connectivity index (χ4n) is 2.93. The summed E-state index contributed by atoms with van der Waals surface area (Å²) in [5, 5.41) is 5.83. The molecule has 148 valence electrons. The maximum Gasteiger partial charge on any atom is 0.274 e. The Bertz CT molecular complexity index is 1190. The summed E-state index contributed by atoms with van der Waals surface area (Å²) in [6.45, 7) is -0.0135. The number of ether oxygens (including phenoxy) is 1. The van der Waals surface area contributed by atoms with Crippen LogP contribution in [0.5, 0.6) is 5.75 Å². The van der Waals surface area contributed by atoms with Gasteiger partial charge in [-0.2, -0.15) is 0 Å². The van der Waals surface area contributed by atoms with Crippen LogP contribution in [0.3, 0.4) is 0 Å². The van der Waals surface area contributed by atoms with E-state index in [1.54, 1.807) is 47.8 Å². The molecule has 2 aromatic carbocycles. The van der Waals surface area contributed by atoms with Crippen molar-refractivity contribution in [3.8, 4) is 17.0 Å². The Morgan fingerprint density at radius 2 is 1.79 bits per heavy atom. The van der Waals surface area contributed by atoms with Crippen LogP contribution in [0.2, 0.25) is 0 Å². The van der Waals surface area contributed by atoms with Crippen molar-refractivity contribution in [2.45, 2.75) is 10.8 Å². The Kier molecular flexibility index (Phi) is 5.37. The van der Waals surface area contributed by atoms with Crippen molar-refractivity contribution < 1.29 is 17.7 Å². The van der Waals surface area contributed by atoms with Crippen LogP contribution in [0.1, 0.15) is 5.76 Å². The fourth-order valence-corrected chi connectivity index (χ4v) is 5.47. The van der Waals surface area contributed by atoms with Crippen LogP contribution >= 0.6 is 11.3 Å². The number of hydrogen-bond donors (Lipinski definition) is 0. The van der Waals surface area contributed by atoms with Gasteiger partial charge in [0.25, 0.3) is 10.0 Å². The number of aromatic nitrogens is 1. The van der Waals surface area contributed by atoms with E-state index in [-0.39, 0.29) is 10.8 Å². The summed E-state index contributed by atoms with van der Waals surface area (Å²) in [7, 11) is -2.30. The highest BCUT2D eigenvalue weighted by atomic mass is 32.2. The second-order valence-corrected chi connectivity index (χ2v) is 9.20. The van der Waals surface area contributed by atoms with Crippen molar-refractivity contribution in [2.75, 3.05) is 11.4 Å². The van der Waals surface area contributed by atoms with Gasteiger partial charge in [-0.15, -0.1) is 11.3 Å². The Balaban J connectivity index is 1.75. The Hall–Kier alpha value is -3.10. The molecule has 0 N–H and O–H groups in total. The molecular formula is C21H18N2O4S2. The number of methoxy groups -OCH3 is 1. The lowest BCUT2D eigenvalue weighted by molar-refractivity contribution is 0.385. The first-order valence-corrected chi connectivity index (χ1v) is 11.1. The highest BCUT2D eigenvalue weighted by molar-refractivity contribution is 7.94. The number of hydrogen-bond acceptors (Lipinski definition) is 6. The van der Waals surface area contributed by atoms with Crippen LogP contribution in [0, 0.1) is 0 Å². The molecule has 0 spiro atoms. The molecule has 2 aromatic heterocycles. The summed E-state index contributed by atoms with van der Waals surface area (Å²) in [6.07, 6.45) is 0. The van der Waals surface area contributed by atoms with Gasteiger partial charge in [0.15, 0.2) is 5.76 Å². The average Bonchev–Trinajstić information content (AvgIpc) is 3.45. The molecule has 0 saturated carbocycles. The van der Waals surface area contributed by atoms with E-state index >= 15 is 0 Å². The second-order valence-electron chi connectivity index (χ2n) is 6.16. The topological polar surface area (TPSA) is 72.6 Å². The van der Waals surface area contributed by atoms with Crippen molar-refractivity contribution >= 4 is 27.0 Å². The minimum Gasteiger partial charge on any atom is -0.495 e. The van der Waals surface area contributed by atoms with E-state index in [4.69, 9.17) is 9.26 Å². The zero-order chi connectivity index (χ0) is 20.3. The van der Waals surface area contributed by atoms with Gasteiger partial charge in [0.2, 0.25) is 0 Å². The molecule has 0 fully saturated rings. The van der Waals surface area contributed by atoms with Gasteiger partial charge in [-0.3, -0.25) is 4.31 Å². The number of thiophene rings is 1. The van der Waals surface area contributed by atoms with Gasteiger partial charge in [0.05, 0.1) is 19.3 Å². The van der Waals surface area contributed by atoms with Crippen LogP contribution in [0.25, 0.3) is 11.3 Å². The molecule has 0 bridgehead atoms. The minimum atomic E-state index is -3.81. The lowest BCUT2D eigenvalue weighted by Crippen LogP contribution is -2.30. The fraction of sp³-hybridized carbons (Fsp3) is 0.0952. The first-order valence-electron chi connectivity index (χ1n) is 8.80. The van der Waals surface area contributed by atoms with Crippen molar-refractivity contribution in [3.05, 3.63) is 83.9 Å². The molecule has 4 rings (SSSR count). The highest BCUT2D eigenvalue weighted by Gasteiger charge is 2.29. The van der Waals surface area contributed by atoms with Crippen LogP contribution in [-0.4, -0.2) is 20.7 Å². The van der Waals surface area contributed by atoms with Gasteiger partial charge >= 0.3 is 0 Å². The van der Waals surface area contributed by atoms with E-state index < -0.39 is 10.0 Å². The molecule has 0 unspecified atom stereocenters. The number of sulfonamides is 1. The average molecular weight is 427 g/mol. The van der Waals surface area contributed by atoms with Gasteiger partial charge in [-0.1, -0.05) is 53.7 Å². The Morgan fingerprint density at radius 1 is 1.03 bits per heavy atom. The lowest BCUT2D eigenvalue weighted by Gasteiger charge is -2.24. The van der Waals surface area contributed by atoms with Crippen molar-refractivity contribution in [3.63, 3.8) is 0 Å². The van der Waals surface area contributed by atoms with Gasteiger partial charge in [0, 0.05) is 11.6 Å². The maximum atomic E-state index is 13.4. The molecule has 6 nitrogen and oxygen atoms in total. The second kappa shape index (κ2) is 8.10. The predicted octanol–water partition coefficient (Wildman–Crippen LogP) is 4.81. The highest BCUT2D eigenvalue weighted by Crippen LogP contribution is 2.35. The number of para-hydroxylation sites is 2. The summed E-state index contributed by atoms with van der Waals surface area (Å²) in [4.78, 5) is 0. The predicted molar refractivity (Wildman–Crippen MR) is 113 cm³/mol. The maximum absolute atomic E-state index is 13.4. The monoisotopic (exact) mass is 426 g/mol. The van der Waals surface area contributed by atoms with E-state index in [9.17, 15) is 8.42 Å². The van der Waals surface area contributed by atoms with E-state index in [0.717, 1.165) is 16.9 Å². The van der Waals surface area contributed by atoms with Crippen LogP contribution in [0.15, 0.2) is 86.9 Å². The van der Waals surface area contributed by atoms with E-state index in [1.165, 1.54) is 11.4 Å². The summed E-state index contributed by atoms with van der Waals surface area (Å²) in [5.41, 5.74) is 1.97. The SMILES string of the molecule is COc1ccccc1N(Cc1cc(-c2ccccc2)no1)S(=O)(=O)c1cccs1. The smallest absolute Gasteiger partial charge is 0.274 e. The molecule has 29 heavy (non-hydrogen) atoms. The molecule has 0 atom stereocenters. The number of anilines is 1. The molecule has 8 heteroatoms. The van der Waals surface area contributed by atoms with Crippen LogP contribution in [-0.2, 0) is 16.6 Å². The molecule has 0 radical (unpaired) electrons. The quantitative estimate of drug-likeness (QED) is 0.424. The molecule has 0 aliphatic rings. The Labute approximate surface area is 173 Å². The van der Waals surface area contributed by atoms with E-state index in [0.29, 0.717) is 22.9 Å². The number of benzene rings is 2. The summed E-state index contributed by atoms with van der Waals surface area (Å²) in [5.74, 6) is 0.880. The largest absolute Gasteiger partial charge is 0.495 e. The van der Waals surface area contributed by atoms with E-state index in [2.05, 4.69) is 5.16 Å². The summed E-state index contributed by atoms with van der Waals surface area (Å²) in [6, 6.07) is 21.6. The number of rotatable bonds is 7. The number of nitrogens with zero attached hydrogens (tertiary/aromatic N) is 2. The third-order valence-electron chi connectivity index (χ3n) is 4.32. The van der Waals surface area contributed by atoms with Crippen LogP contribution in [0.4, 0.5) is 5.69 Å². The van der Waals surface area contributed by atoms with Crippen LogP contribution < -0.4 is 9.04 Å². The first kappa shape index (κ1) is 19.2. The van der Waals surface area contributed by atoms with Crippen molar-refractivity contribution in [2.24, 2.45) is 0 Å². The zero-order valence-corrected chi connectivity index (χ0v) is 17.2. The minimum absolute atomic E-state index is 0.0135. The standard InChI is InChI=1S/C21H18N2O4S2/c1-26-20-11-6-5-10-19(20)23(29(24,25)21-12-7-13-28-21)15-17-14-18(22-27-17)16-8-3-2-4-9-16/h2-14H,15H2,1H3. The van der Waals surface area contributed by atoms with Gasteiger partial charge < -0.3 is 9.26 Å². The van der Waals surface area contributed by atoms with Crippen molar-refractivity contribution in [1.29, 1.82) is 0 Å². The van der Waals surface area contributed by atoms with Gasteiger partial charge in [0.1, 0.15) is 15.7 Å². The lowest BCUT2D eigenvalue weighted by atomic mass is 10.1. The third kappa shape index (κ3) is 3.90. The van der Waals surface area contributed by atoms with E-state index in [1.807, 2.05) is 30.3 Å². The molecule has 2 heterocycles. The summed E-state index contributed by atoms with van der Waals surface area (Å²) >= 11 is 1.16. The molecule has 0 saturated heterocycles. The first-order chi connectivity index (χ1) is 14.1. The molecule has 0 amide bonds. The third-order valence-corrected chi connectivity index (χ3v) is 7.45. The van der Waals surface area contributed by atoms with Gasteiger partial charge in [-0.25, -0.2) is 8.42 Å². The normalized spacial score (nSPS) is 11.3. The zero-order valence-electron chi connectivity index (χ0n) is 15.6. The molecule has 0 aliphatic carbocycles. The van der Waals surface area contributed by atoms with Crippen molar-refractivity contribution in [1.82, 2.24) is 5.16 Å². The molecule has 0 aliphatic heterocycles. The Morgan fingerprint density at radius 3 is 2.52 bits per heavy atom. The van der Waals surface area contributed by atoms with Gasteiger partial charge in [-0.05, 0) is 23.6 Å². The summed E-state index contributed by atoms with van der Waals surface area (Å²) < 4.78 is 39.1. The molecule has 4 aromatic rings.